The number of rotatable bonds is 2. The van der Waals surface area contributed by atoms with Crippen molar-refractivity contribution >= 4 is 17.5 Å². The van der Waals surface area contributed by atoms with Crippen LogP contribution in [0.4, 0.5) is 0 Å². The maximum Gasteiger partial charge on any atom is 0.231 e. The number of primary amides is 1. The summed E-state index contributed by atoms with van der Waals surface area (Å²) < 4.78 is 12.9. The van der Waals surface area contributed by atoms with Crippen LogP contribution in [-0.2, 0) is 9.53 Å². The van der Waals surface area contributed by atoms with Gasteiger partial charge in [-0.05, 0) is 57.9 Å². The van der Waals surface area contributed by atoms with Crippen LogP contribution in [0.2, 0.25) is 5.02 Å². The van der Waals surface area contributed by atoms with Crippen LogP contribution in [0.15, 0.2) is 18.2 Å². The number of ether oxygens (including phenoxy) is 2. The third-order valence-corrected chi connectivity index (χ3v) is 6.15. The molecule has 5 nitrogen and oxygen atoms in total. The van der Waals surface area contributed by atoms with E-state index in [1.807, 2.05) is 18.2 Å². The van der Waals surface area contributed by atoms with Crippen molar-refractivity contribution in [1.82, 2.24) is 4.90 Å². The molecule has 0 aromatic heterocycles. The highest BCUT2D eigenvalue weighted by Crippen LogP contribution is 2.52. The lowest BCUT2D eigenvalue weighted by atomic mass is 9.72. The van der Waals surface area contributed by atoms with E-state index in [-0.39, 0.29) is 35.7 Å². The molecule has 1 amide bonds. The second-order valence-corrected chi connectivity index (χ2v) is 8.41. The molecular formula is C19H25ClN2O3. The fourth-order valence-electron chi connectivity index (χ4n) is 4.74. The van der Waals surface area contributed by atoms with Gasteiger partial charge >= 0.3 is 0 Å². The second-order valence-electron chi connectivity index (χ2n) is 7.97. The quantitative estimate of drug-likeness (QED) is 0.876. The lowest BCUT2D eigenvalue weighted by molar-refractivity contribution is -0.189. The van der Waals surface area contributed by atoms with Gasteiger partial charge < -0.3 is 15.2 Å². The van der Waals surface area contributed by atoms with Gasteiger partial charge in [-0.15, -0.1) is 0 Å². The first-order chi connectivity index (χ1) is 11.8. The Bertz CT molecular complexity index is 693. The van der Waals surface area contributed by atoms with Crippen molar-refractivity contribution in [3.63, 3.8) is 0 Å². The minimum atomic E-state index is -0.341. The molecule has 0 unspecified atom stereocenters. The first-order valence-corrected chi connectivity index (χ1v) is 9.39. The van der Waals surface area contributed by atoms with Gasteiger partial charge in [0.15, 0.2) is 0 Å². The summed E-state index contributed by atoms with van der Waals surface area (Å²) in [6.45, 7) is 5.43. The minimum Gasteiger partial charge on any atom is -0.487 e. The summed E-state index contributed by atoms with van der Waals surface area (Å²) in [5.41, 5.74) is 6.15. The molecule has 1 aromatic rings. The molecule has 0 aliphatic carbocycles. The summed E-state index contributed by atoms with van der Waals surface area (Å²) in [5.74, 6) is 0.783. The van der Waals surface area contributed by atoms with Gasteiger partial charge in [-0.3, -0.25) is 9.69 Å². The molecule has 3 heterocycles. The smallest absolute Gasteiger partial charge is 0.231 e. The molecule has 6 heteroatoms. The number of carbonyl (C=O) groups is 1. The SMILES string of the molecule is CC1(C)Oc2ccc(Cl)cc2[C@@H]2O[C@@H]3CCCN(CC(N)=O)[C@@H]3C[C@H]21. The average Bonchev–Trinajstić information content (AvgIpc) is 2.54. The number of hydrogen-bond donors (Lipinski definition) is 1. The number of hydrogen-bond acceptors (Lipinski definition) is 4. The number of halogens is 1. The zero-order chi connectivity index (χ0) is 17.8. The fourth-order valence-corrected chi connectivity index (χ4v) is 4.92. The zero-order valence-corrected chi connectivity index (χ0v) is 15.5. The lowest BCUT2D eigenvalue weighted by Crippen LogP contribution is -2.59. The van der Waals surface area contributed by atoms with Crippen molar-refractivity contribution in [3.05, 3.63) is 28.8 Å². The number of fused-ring (bicyclic) bond motifs is 4. The van der Waals surface area contributed by atoms with Crippen molar-refractivity contribution in [2.24, 2.45) is 11.7 Å². The van der Waals surface area contributed by atoms with Crippen LogP contribution in [-0.4, -0.2) is 41.6 Å². The van der Waals surface area contributed by atoms with Crippen molar-refractivity contribution in [3.8, 4) is 5.75 Å². The minimum absolute atomic E-state index is 0.0211. The zero-order valence-electron chi connectivity index (χ0n) is 14.7. The van der Waals surface area contributed by atoms with E-state index in [1.165, 1.54) is 0 Å². The van der Waals surface area contributed by atoms with E-state index >= 15 is 0 Å². The molecule has 0 saturated carbocycles. The molecule has 2 N–H and O–H groups in total. The normalized spacial score (nSPS) is 33.6. The van der Waals surface area contributed by atoms with Crippen molar-refractivity contribution in [2.45, 2.75) is 57.0 Å². The molecule has 3 aliphatic heterocycles. The number of amides is 1. The van der Waals surface area contributed by atoms with Gasteiger partial charge in [-0.1, -0.05) is 11.6 Å². The number of piperidine rings is 1. The van der Waals surface area contributed by atoms with Crippen LogP contribution in [0, 0.1) is 5.92 Å². The van der Waals surface area contributed by atoms with Crippen LogP contribution in [0.5, 0.6) is 5.75 Å². The fraction of sp³-hybridized carbons (Fsp3) is 0.632. The molecule has 4 rings (SSSR count). The first kappa shape index (κ1) is 17.1. The van der Waals surface area contributed by atoms with E-state index < -0.39 is 0 Å². The Kier molecular flexibility index (Phi) is 4.21. The van der Waals surface area contributed by atoms with E-state index in [2.05, 4.69) is 18.7 Å². The Morgan fingerprint density at radius 3 is 3.00 bits per heavy atom. The summed E-state index contributed by atoms with van der Waals surface area (Å²) in [7, 11) is 0. The van der Waals surface area contributed by atoms with Crippen molar-refractivity contribution in [2.75, 3.05) is 13.1 Å². The predicted molar refractivity (Wildman–Crippen MR) is 95.7 cm³/mol. The Morgan fingerprint density at radius 2 is 2.24 bits per heavy atom. The van der Waals surface area contributed by atoms with E-state index in [4.69, 9.17) is 26.8 Å². The summed E-state index contributed by atoms with van der Waals surface area (Å²) in [6.07, 6.45) is 3.07. The highest BCUT2D eigenvalue weighted by molar-refractivity contribution is 6.30. The third-order valence-electron chi connectivity index (χ3n) is 5.92. The molecule has 25 heavy (non-hydrogen) atoms. The first-order valence-electron chi connectivity index (χ1n) is 9.01. The van der Waals surface area contributed by atoms with Crippen molar-refractivity contribution < 1.29 is 14.3 Å². The van der Waals surface area contributed by atoms with Crippen LogP contribution < -0.4 is 10.5 Å². The molecule has 136 valence electrons. The second kappa shape index (κ2) is 6.15. The molecule has 2 saturated heterocycles. The Hall–Kier alpha value is -1.30. The molecule has 0 radical (unpaired) electrons. The summed E-state index contributed by atoms with van der Waals surface area (Å²) in [6, 6.07) is 5.98. The number of benzene rings is 1. The van der Waals surface area contributed by atoms with Crippen LogP contribution >= 0.6 is 11.6 Å². The van der Waals surface area contributed by atoms with E-state index in [0.717, 1.165) is 37.1 Å². The van der Waals surface area contributed by atoms with Crippen LogP contribution in [0.1, 0.15) is 44.8 Å². The number of likely N-dealkylation sites (tertiary alicyclic amines) is 1. The molecule has 2 fully saturated rings. The summed E-state index contributed by atoms with van der Waals surface area (Å²) in [5, 5.41) is 0.700. The lowest BCUT2D eigenvalue weighted by Gasteiger charge is -2.54. The van der Waals surface area contributed by atoms with E-state index in [0.29, 0.717) is 11.6 Å². The number of nitrogens with zero attached hydrogens (tertiary/aromatic N) is 1. The maximum absolute atomic E-state index is 11.5. The average molecular weight is 365 g/mol. The number of carbonyl (C=O) groups excluding carboxylic acids is 1. The topological polar surface area (TPSA) is 64.8 Å². The molecule has 3 aliphatic rings. The Morgan fingerprint density at radius 1 is 1.44 bits per heavy atom. The Labute approximate surface area is 153 Å². The van der Waals surface area contributed by atoms with Gasteiger partial charge in [-0.25, -0.2) is 0 Å². The van der Waals surface area contributed by atoms with Gasteiger partial charge in [0.25, 0.3) is 0 Å². The monoisotopic (exact) mass is 364 g/mol. The maximum atomic E-state index is 11.5. The van der Waals surface area contributed by atoms with Gasteiger partial charge in [0.1, 0.15) is 11.4 Å². The van der Waals surface area contributed by atoms with Gasteiger partial charge in [-0.2, -0.15) is 0 Å². The highest BCUT2D eigenvalue weighted by atomic mass is 35.5. The summed E-state index contributed by atoms with van der Waals surface area (Å²) in [4.78, 5) is 13.6. The van der Waals surface area contributed by atoms with Gasteiger partial charge in [0.05, 0.1) is 18.8 Å². The van der Waals surface area contributed by atoms with Gasteiger partial charge in [0.2, 0.25) is 5.91 Å². The largest absolute Gasteiger partial charge is 0.487 e. The highest BCUT2D eigenvalue weighted by Gasteiger charge is 2.52. The molecule has 1 aromatic carbocycles. The van der Waals surface area contributed by atoms with Crippen molar-refractivity contribution in [1.29, 1.82) is 0 Å². The molecule has 0 spiro atoms. The Balaban J connectivity index is 1.67. The summed E-state index contributed by atoms with van der Waals surface area (Å²) >= 11 is 6.23. The van der Waals surface area contributed by atoms with Crippen LogP contribution in [0.25, 0.3) is 0 Å². The number of nitrogens with two attached hydrogens (primary N) is 1. The van der Waals surface area contributed by atoms with E-state index in [9.17, 15) is 4.79 Å². The predicted octanol–water partition coefficient (Wildman–Crippen LogP) is 2.91. The van der Waals surface area contributed by atoms with Gasteiger partial charge in [0, 0.05) is 22.5 Å². The molecule has 4 atom stereocenters. The standard InChI is InChI=1S/C19H25ClN2O3/c1-19(2)13-9-14-16(4-3-7-22(14)10-17(21)23)24-18(13)12-8-11(20)5-6-15(12)25-19/h5-6,8,13-14,16,18H,3-4,7,9-10H2,1-2H3,(H2,21,23)/t13-,14-,16-,18+/m1/s1. The van der Waals surface area contributed by atoms with E-state index in [1.54, 1.807) is 0 Å². The molecule has 0 bridgehead atoms. The third kappa shape index (κ3) is 3.03. The van der Waals surface area contributed by atoms with Crippen LogP contribution in [0.3, 0.4) is 0 Å². The molecular weight excluding hydrogens is 340 g/mol.